The van der Waals surface area contributed by atoms with Crippen molar-refractivity contribution < 1.29 is 4.74 Å². The highest BCUT2D eigenvalue weighted by atomic mass is 16.5. The summed E-state index contributed by atoms with van der Waals surface area (Å²) in [6.45, 7) is 0. The Morgan fingerprint density at radius 1 is 0.864 bits per heavy atom. The second kappa shape index (κ2) is 5.41. The number of rotatable bonds is 3. The molecule has 1 heterocycles. The SMILES string of the molecule is COc1ccc(C(=C2[C@@H]3CC[C@H]2N=N3)c2ccccc2)cc1. The number of nitrogens with zero attached hydrogens (tertiary/aromatic N) is 2. The Morgan fingerprint density at radius 2 is 1.45 bits per heavy atom. The van der Waals surface area contributed by atoms with Gasteiger partial charge in [0.1, 0.15) is 5.75 Å². The minimum absolute atomic E-state index is 0.266. The van der Waals surface area contributed by atoms with E-state index >= 15 is 0 Å². The largest absolute Gasteiger partial charge is 0.497 e. The van der Waals surface area contributed by atoms with Crippen molar-refractivity contribution in [1.82, 2.24) is 0 Å². The van der Waals surface area contributed by atoms with Crippen molar-refractivity contribution in [1.29, 1.82) is 0 Å². The third kappa shape index (κ3) is 2.13. The number of hydrogen-bond donors (Lipinski definition) is 0. The lowest BCUT2D eigenvalue weighted by molar-refractivity contribution is 0.415. The van der Waals surface area contributed by atoms with Crippen LogP contribution in [0.4, 0.5) is 0 Å². The maximum absolute atomic E-state index is 5.28. The van der Waals surface area contributed by atoms with Crippen LogP contribution in [0.2, 0.25) is 0 Å². The normalized spacial score (nSPS) is 24.6. The summed E-state index contributed by atoms with van der Waals surface area (Å²) in [4.78, 5) is 0. The van der Waals surface area contributed by atoms with Gasteiger partial charge in [-0.2, -0.15) is 10.2 Å². The standard InChI is InChI=1S/C19H18N2O/c1-22-15-9-7-14(8-10-15)18(13-5-3-2-4-6-13)19-16-11-12-17(19)21-20-16/h2-10,16-17H,11-12H2,1H3/t16-,17+. The highest BCUT2D eigenvalue weighted by Crippen LogP contribution is 2.43. The Kier molecular flexibility index (Phi) is 3.26. The molecule has 2 aromatic rings. The van der Waals surface area contributed by atoms with Crippen LogP contribution in [-0.4, -0.2) is 19.2 Å². The van der Waals surface area contributed by atoms with E-state index in [0.717, 1.165) is 18.6 Å². The first kappa shape index (κ1) is 13.3. The van der Waals surface area contributed by atoms with Crippen LogP contribution >= 0.6 is 0 Å². The summed E-state index contributed by atoms with van der Waals surface area (Å²) in [5.41, 5.74) is 5.13. The average Bonchev–Trinajstić information content (AvgIpc) is 3.17. The zero-order valence-corrected chi connectivity index (χ0v) is 12.6. The van der Waals surface area contributed by atoms with Crippen molar-refractivity contribution in [2.75, 3.05) is 7.11 Å². The van der Waals surface area contributed by atoms with Gasteiger partial charge in [0.05, 0.1) is 19.2 Å². The molecule has 22 heavy (non-hydrogen) atoms. The fraction of sp³-hybridized carbons (Fsp3) is 0.263. The fourth-order valence-corrected chi connectivity index (χ4v) is 3.45. The molecule has 0 amide bonds. The zero-order chi connectivity index (χ0) is 14.9. The smallest absolute Gasteiger partial charge is 0.118 e. The number of fused-ring (bicyclic) bond motifs is 2. The van der Waals surface area contributed by atoms with Gasteiger partial charge >= 0.3 is 0 Å². The molecule has 0 N–H and O–H groups in total. The molecule has 2 aliphatic rings. The van der Waals surface area contributed by atoms with Crippen molar-refractivity contribution in [2.24, 2.45) is 10.2 Å². The van der Waals surface area contributed by atoms with Crippen molar-refractivity contribution in [3.05, 3.63) is 71.3 Å². The quantitative estimate of drug-likeness (QED) is 0.819. The molecule has 1 fully saturated rings. The molecule has 110 valence electrons. The Morgan fingerprint density at radius 3 is 2.00 bits per heavy atom. The Balaban J connectivity index is 1.88. The number of benzene rings is 2. The second-order valence-electron chi connectivity index (χ2n) is 5.76. The molecular formula is C19H18N2O. The summed E-state index contributed by atoms with van der Waals surface area (Å²) in [5.74, 6) is 0.880. The van der Waals surface area contributed by atoms with Crippen molar-refractivity contribution in [2.45, 2.75) is 24.9 Å². The molecule has 1 saturated carbocycles. The van der Waals surface area contributed by atoms with Crippen LogP contribution in [0.5, 0.6) is 5.75 Å². The third-order valence-corrected chi connectivity index (χ3v) is 4.51. The van der Waals surface area contributed by atoms with E-state index in [1.54, 1.807) is 7.11 Å². The van der Waals surface area contributed by atoms with E-state index in [4.69, 9.17) is 4.74 Å². The molecule has 2 bridgehead atoms. The number of ether oxygens (including phenoxy) is 1. The van der Waals surface area contributed by atoms with Gasteiger partial charge in [-0.1, -0.05) is 42.5 Å². The molecule has 3 heteroatoms. The second-order valence-corrected chi connectivity index (χ2v) is 5.76. The van der Waals surface area contributed by atoms with E-state index in [0.29, 0.717) is 0 Å². The van der Waals surface area contributed by atoms with Crippen LogP contribution in [0.3, 0.4) is 0 Å². The predicted molar refractivity (Wildman–Crippen MR) is 87.1 cm³/mol. The molecule has 4 rings (SSSR count). The van der Waals surface area contributed by atoms with Gasteiger partial charge in [-0.25, -0.2) is 0 Å². The first-order valence-corrected chi connectivity index (χ1v) is 7.70. The van der Waals surface area contributed by atoms with Crippen LogP contribution in [0.1, 0.15) is 24.0 Å². The van der Waals surface area contributed by atoms with Crippen LogP contribution < -0.4 is 4.74 Å². The minimum atomic E-state index is 0.266. The first-order valence-electron chi connectivity index (χ1n) is 7.70. The van der Waals surface area contributed by atoms with Crippen molar-refractivity contribution in [3.63, 3.8) is 0 Å². The molecule has 1 aliphatic heterocycles. The third-order valence-electron chi connectivity index (χ3n) is 4.51. The van der Waals surface area contributed by atoms with Gasteiger partial charge in [0.25, 0.3) is 0 Å². The van der Waals surface area contributed by atoms with E-state index < -0.39 is 0 Å². The fourth-order valence-electron chi connectivity index (χ4n) is 3.45. The molecular weight excluding hydrogens is 272 g/mol. The maximum atomic E-state index is 5.28. The molecule has 0 saturated heterocycles. The van der Waals surface area contributed by atoms with E-state index in [1.165, 1.54) is 22.3 Å². The maximum Gasteiger partial charge on any atom is 0.118 e. The molecule has 0 unspecified atom stereocenters. The summed E-state index contributed by atoms with van der Waals surface area (Å²) in [6, 6.07) is 19.4. The monoisotopic (exact) mass is 290 g/mol. The summed E-state index contributed by atoms with van der Waals surface area (Å²) in [7, 11) is 1.69. The van der Waals surface area contributed by atoms with Crippen molar-refractivity contribution >= 4 is 5.57 Å². The van der Waals surface area contributed by atoms with E-state index in [2.05, 4.69) is 52.7 Å². The van der Waals surface area contributed by atoms with Crippen LogP contribution in [0.25, 0.3) is 5.57 Å². The van der Waals surface area contributed by atoms with Gasteiger partial charge in [-0.15, -0.1) is 0 Å². The molecule has 0 aromatic heterocycles. The lowest BCUT2D eigenvalue weighted by atomic mass is 9.90. The van der Waals surface area contributed by atoms with E-state index in [-0.39, 0.29) is 12.1 Å². The highest BCUT2D eigenvalue weighted by molar-refractivity contribution is 5.84. The van der Waals surface area contributed by atoms with Gasteiger partial charge in [0.15, 0.2) is 0 Å². The Labute approximate surface area is 130 Å². The molecule has 3 nitrogen and oxygen atoms in total. The Bertz CT molecular complexity index is 716. The predicted octanol–water partition coefficient (Wildman–Crippen LogP) is 4.49. The summed E-state index contributed by atoms with van der Waals surface area (Å²) in [5, 5.41) is 8.87. The molecule has 1 aliphatic carbocycles. The van der Waals surface area contributed by atoms with E-state index in [9.17, 15) is 0 Å². The topological polar surface area (TPSA) is 34.0 Å². The number of hydrogen-bond acceptors (Lipinski definition) is 3. The van der Waals surface area contributed by atoms with Gasteiger partial charge in [-0.05, 0) is 47.2 Å². The number of azo groups is 1. The minimum Gasteiger partial charge on any atom is -0.497 e. The van der Waals surface area contributed by atoms with Gasteiger partial charge in [0, 0.05) is 0 Å². The molecule has 0 spiro atoms. The molecule has 0 radical (unpaired) electrons. The zero-order valence-electron chi connectivity index (χ0n) is 12.6. The lowest BCUT2D eigenvalue weighted by Gasteiger charge is -2.15. The lowest BCUT2D eigenvalue weighted by Crippen LogP contribution is -2.05. The Hall–Kier alpha value is -2.42. The average molecular weight is 290 g/mol. The van der Waals surface area contributed by atoms with Gasteiger partial charge < -0.3 is 4.74 Å². The summed E-state index contributed by atoms with van der Waals surface area (Å²) in [6.07, 6.45) is 2.24. The van der Waals surface area contributed by atoms with Crippen LogP contribution in [0, 0.1) is 0 Å². The number of methoxy groups -OCH3 is 1. The summed E-state index contributed by atoms with van der Waals surface area (Å²) >= 11 is 0. The van der Waals surface area contributed by atoms with Crippen molar-refractivity contribution in [3.8, 4) is 5.75 Å². The molecule has 2 aromatic carbocycles. The molecule has 2 atom stereocenters. The summed E-state index contributed by atoms with van der Waals surface area (Å²) < 4.78 is 5.28. The highest BCUT2D eigenvalue weighted by Gasteiger charge is 2.38. The first-order chi connectivity index (χ1) is 10.9. The van der Waals surface area contributed by atoms with Crippen LogP contribution in [-0.2, 0) is 0 Å². The van der Waals surface area contributed by atoms with E-state index in [1.807, 2.05) is 12.1 Å². The van der Waals surface area contributed by atoms with Crippen LogP contribution in [0.15, 0.2) is 70.4 Å². The van der Waals surface area contributed by atoms with Gasteiger partial charge in [0.2, 0.25) is 0 Å². The van der Waals surface area contributed by atoms with Gasteiger partial charge in [-0.3, -0.25) is 0 Å².